The number of rotatable bonds is 8. The van der Waals surface area contributed by atoms with Crippen molar-refractivity contribution in [2.45, 2.75) is 32.9 Å². The van der Waals surface area contributed by atoms with Gasteiger partial charge in [-0.05, 0) is 12.3 Å². The van der Waals surface area contributed by atoms with Gasteiger partial charge in [-0.15, -0.1) is 0 Å². The highest BCUT2D eigenvalue weighted by Gasteiger charge is 2.21. The summed E-state index contributed by atoms with van der Waals surface area (Å²) in [7, 11) is 0. The molecule has 2 heterocycles. The topological polar surface area (TPSA) is 42.3 Å². The number of nitrogens with one attached hydrogen (secondary N) is 1. The predicted molar refractivity (Wildman–Crippen MR) is 86.0 cm³/mol. The van der Waals surface area contributed by atoms with Crippen LogP contribution in [-0.2, 0) is 11.3 Å². The molecule has 0 radical (unpaired) electrons. The van der Waals surface area contributed by atoms with E-state index in [2.05, 4.69) is 35.7 Å². The zero-order chi connectivity index (χ0) is 15.1. The second-order valence-corrected chi connectivity index (χ2v) is 6.07. The summed E-state index contributed by atoms with van der Waals surface area (Å²) in [4.78, 5) is 2.56. The largest absolute Gasteiger partial charge is 0.379 e. The third-order valence-electron chi connectivity index (χ3n) is 3.86. The highest BCUT2D eigenvalue weighted by Crippen LogP contribution is 2.13. The molecule has 1 aliphatic rings. The number of aromatic nitrogens is 2. The molecule has 0 amide bonds. The molecule has 1 atom stereocenters. The molecule has 1 aromatic rings. The fourth-order valence-corrected chi connectivity index (χ4v) is 2.80. The van der Waals surface area contributed by atoms with E-state index in [9.17, 15) is 0 Å². The molecule has 1 aliphatic heterocycles. The Morgan fingerprint density at radius 3 is 2.81 bits per heavy atom. The molecule has 1 aromatic heterocycles. The molecule has 5 heteroatoms. The van der Waals surface area contributed by atoms with Gasteiger partial charge in [0.15, 0.2) is 0 Å². The van der Waals surface area contributed by atoms with E-state index in [0.717, 1.165) is 39.4 Å². The Kier molecular flexibility index (Phi) is 6.42. The van der Waals surface area contributed by atoms with Crippen LogP contribution in [0, 0.1) is 5.92 Å². The zero-order valence-corrected chi connectivity index (χ0v) is 13.3. The summed E-state index contributed by atoms with van der Waals surface area (Å²) in [5.74, 6) is 0.711. The van der Waals surface area contributed by atoms with Crippen LogP contribution in [-0.4, -0.2) is 53.6 Å². The quantitative estimate of drug-likeness (QED) is 0.793. The first-order valence-electron chi connectivity index (χ1n) is 7.87. The Balaban J connectivity index is 1.81. The van der Waals surface area contributed by atoms with Crippen LogP contribution in [0.2, 0.25) is 0 Å². The number of ether oxygens (including phenoxy) is 1. The maximum Gasteiger partial charge on any atom is 0.0594 e. The minimum Gasteiger partial charge on any atom is -0.379 e. The molecule has 2 rings (SSSR count). The van der Waals surface area contributed by atoms with Gasteiger partial charge < -0.3 is 10.1 Å². The van der Waals surface area contributed by atoms with Crippen molar-refractivity contribution in [3.8, 4) is 0 Å². The van der Waals surface area contributed by atoms with Gasteiger partial charge in [-0.25, -0.2) is 4.68 Å². The maximum atomic E-state index is 5.46. The summed E-state index contributed by atoms with van der Waals surface area (Å²) < 4.78 is 7.20. The van der Waals surface area contributed by atoms with Crippen molar-refractivity contribution < 1.29 is 4.74 Å². The van der Waals surface area contributed by atoms with E-state index < -0.39 is 0 Å². The Morgan fingerprint density at radius 2 is 2.19 bits per heavy atom. The fourth-order valence-electron chi connectivity index (χ4n) is 2.80. The monoisotopic (exact) mass is 292 g/mol. The number of hydrogen-bond acceptors (Lipinski definition) is 4. The second-order valence-electron chi connectivity index (χ2n) is 6.07. The Morgan fingerprint density at radius 1 is 1.43 bits per heavy atom. The van der Waals surface area contributed by atoms with E-state index in [1.807, 2.05) is 12.4 Å². The third kappa shape index (κ3) is 5.26. The first-order valence-corrected chi connectivity index (χ1v) is 7.87. The van der Waals surface area contributed by atoms with E-state index in [0.29, 0.717) is 12.0 Å². The lowest BCUT2D eigenvalue weighted by Gasteiger charge is -2.35. The predicted octanol–water partition coefficient (Wildman–Crippen LogP) is 1.82. The molecule has 0 spiro atoms. The lowest BCUT2D eigenvalue weighted by molar-refractivity contribution is 0.0123. The summed E-state index contributed by atoms with van der Waals surface area (Å²) in [6, 6.07) is 0.586. The maximum absolute atomic E-state index is 5.46. The van der Waals surface area contributed by atoms with Crippen molar-refractivity contribution in [2.75, 3.05) is 32.8 Å². The summed E-state index contributed by atoms with van der Waals surface area (Å²) in [5, 5.41) is 7.77. The molecule has 0 aliphatic carbocycles. The molecule has 1 saturated heterocycles. The molecule has 118 valence electrons. The average Bonchev–Trinajstić information content (AvgIpc) is 2.95. The number of morpholine rings is 1. The van der Waals surface area contributed by atoms with Gasteiger partial charge in [0.05, 0.1) is 19.4 Å². The molecule has 0 aromatic carbocycles. The Hall–Kier alpha value is -1.17. The highest BCUT2D eigenvalue weighted by atomic mass is 16.5. The molecule has 1 fully saturated rings. The summed E-state index contributed by atoms with van der Waals surface area (Å²) in [6.45, 7) is 14.0. The van der Waals surface area contributed by atoms with Crippen LogP contribution in [0.1, 0.15) is 25.8 Å². The van der Waals surface area contributed by atoms with Crippen molar-refractivity contribution in [2.24, 2.45) is 5.92 Å². The van der Waals surface area contributed by atoms with Crippen molar-refractivity contribution in [3.63, 3.8) is 0 Å². The van der Waals surface area contributed by atoms with E-state index >= 15 is 0 Å². The standard InChI is InChI=1S/C16H28N4O/c1-4-20-13-15(11-18-20)10-17-12-16(9-14(2)3)19-5-7-21-8-6-19/h4,11,13-14,16-17H,1,5-10,12H2,2-3H3. The average molecular weight is 292 g/mol. The van der Waals surface area contributed by atoms with Gasteiger partial charge in [0.2, 0.25) is 0 Å². The van der Waals surface area contributed by atoms with E-state index in [1.54, 1.807) is 10.9 Å². The van der Waals surface area contributed by atoms with Crippen molar-refractivity contribution in [1.82, 2.24) is 20.0 Å². The first-order chi connectivity index (χ1) is 10.2. The zero-order valence-electron chi connectivity index (χ0n) is 13.3. The van der Waals surface area contributed by atoms with Crippen LogP contribution in [0.15, 0.2) is 19.0 Å². The molecular formula is C16H28N4O. The van der Waals surface area contributed by atoms with Crippen molar-refractivity contribution >= 4 is 6.20 Å². The Bertz CT molecular complexity index is 424. The number of nitrogens with zero attached hydrogens (tertiary/aromatic N) is 3. The minimum absolute atomic E-state index is 0.586. The molecule has 21 heavy (non-hydrogen) atoms. The molecule has 1 unspecified atom stereocenters. The normalized spacial score (nSPS) is 18.0. The second kappa shape index (κ2) is 8.32. The van der Waals surface area contributed by atoms with Crippen LogP contribution in [0.5, 0.6) is 0 Å². The minimum atomic E-state index is 0.586. The van der Waals surface area contributed by atoms with Gasteiger partial charge >= 0.3 is 0 Å². The van der Waals surface area contributed by atoms with Crippen molar-refractivity contribution in [1.29, 1.82) is 0 Å². The van der Waals surface area contributed by atoms with Crippen LogP contribution < -0.4 is 5.32 Å². The molecular weight excluding hydrogens is 264 g/mol. The summed E-state index contributed by atoms with van der Waals surface area (Å²) >= 11 is 0. The van der Waals surface area contributed by atoms with Gasteiger partial charge in [-0.1, -0.05) is 20.4 Å². The van der Waals surface area contributed by atoms with Gasteiger partial charge in [0.25, 0.3) is 0 Å². The van der Waals surface area contributed by atoms with Crippen LogP contribution >= 0.6 is 0 Å². The van der Waals surface area contributed by atoms with Crippen molar-refractivity contribution in [3.05, 3.63) is 24.5 Å². The van der Waals surface area contributed by atoms with Gasteiger partial charge in [0.1, 0.15) is 0 Å². The van der Waals surface area contributed by atoms with Crippen LogP contribution in [0.25, 0.3) is 6.20 Å². The lowest BCUT2D eigenvalue weighted by Crippen LogP contribution is -2.48. The molecule has 0 bridgehead atoms. The molecule has 5 nitrogen and oxygen atoms in total. The Labute approximate surface area is 128 Å². The smallest absolute Gasteiger partial charge is 0.0594 e. The lowest BCUT2D eigenvalue weighted by atomic mass is 10.0. The van der Waals surface area contributed by atoms with E-state index in [4.69, 9.17) is 4.74 Å². The third-order valence-corrected chi connectivity index (χ3v) is 3.86. The fraction of sp³-hybridized carbons (Fsp3) is 0.688. The van der Waals surface area contributed by atoms with Crippen LogP contribution in [0.3, 0.4) is 0 Å². The van der Waals surface area contributed by atoms with Gasteiger partial charge in [-0.3, -0.25) is 4.90 Å². The van der Waals surface area contributed by atoms with E-state index in [-0.39, 0.29) is 0 Å². The summed E-state index contributed by atoms with van der Waals surface area (Å²) in [5.41, 5.74) is 1.19. The summed E-state index contributed by atoms with van der Waals surface area (Å²) in [6.07, 6.45) is 6.82. The van der Waals surface area contributed by atoms with Gasteiger partial charge in [-0.2, -0.15) is 5.10 Å². The SMILES string of the molecule is C=Cn1cc(CNCC(CC(C)C)N2CCOCC2)cn1. The highest BCUT2D eigenvalue weighted by molar-refractivity contribution is 5.17. The van der Waals surface area contributed by atoms with Gasteiger partial charge in [0, 0.05) is 50.2 Å². The van der Waals surface area contributed by atoms with E-state index in [1.165, 1.54) is 12.0 Å². The first kappa shape index (κ1) is 16.2. The number of hydrogen-bond donors (Lipinski definition) is 1. The molecule has 0 saturated carbocycles. The molecule has 1 N–H and O–H groups in total. The van der Waals surface area contributed by atoms with Crippen LogP contribution in [0.4, 0.5) is 0 Å².